The van der Waals surface area contributed by atoms with Crippen LogP contribution in [-0.4, -0.2) is 22.2 Å². The first-order valence-corrected chi connectivity index (χ1v) is 7.51. The maximum Gasteiger partial charge on any atom is 0.338 e. The van der Waals surface area contributed by atoms with Gasteiger partial charge in [0, 0.05) is 5.56 Å². The normalized spacial score (nSPS) is 11.1. The summed E-state index contributed by atoms with van der Waals surface area (Å²) in [6.45, 7) is 5.88. The van der Waals surface area contributed by atoms with E-state index in [9.17, 15) is 14.7 Å². The van der Waals surface area contributed by atoms with Crippen molar-refractivity contribution in [1.82, 2.24) is 0 Å². The minimum Gasteiger partial charge on any atom is -0.508 e. The van der Waals surface area contributed by atoms with E-state index in [0.29, 0.717) is 16.7 Å². The van der Waals surface area contributed by atoms with Crippen LogP contribution in [0, 0.1) is 0 Å². The third-order valence-corrected chi connectivity index (χ3v) is 3.61. The van der Waals surface area contributed by atoms with Gasteiger partial charge in [-0.15, -0.1) is 0 Å². The molecule has 0 unspecified atom stereocenters. The van der Waals surface area contributed by atoms with Gasteiger partial charge in [0.1, 0.15) is 12.4 Å². The van der Waals surface area contributed by atoms with Crippen LogP contribution in [0.1, 0.15) is 52.6 Å². The van der Waals surface area contributed by atoms with Crippen LogP contribution in [0.3, 0.4) is 0 Å². The number of carboxylic acid groups (broad SMARTS) is 1. The van der Waals surface area contributed by atoms with Crippen molar-refractivity contribution in [3.63, 3.8) is 0 Å². The summed E-state index contributed by atoms with van der Waals surface area (Å²) < 4.78 is 5.25. The molecular formula is C19H20O5. The van der Waals surface area contributed by atoms with Crippen LogP contribution >= 0.6 is 0 Å². The Kier molecular flexibility index (Phi) is 4.93. The minimum absolute atomic E-state index is 0.0461. The van der Waals surface area contributed by atoms with Gasteiger partial charge in [0.15, 0.2) is 0 Å². The first kappa shape index (κ1) is 17.5. The second-order valence-corrected chi connectivity index (χ2v) is 6.56. The van der Waals surface area contributed by atoms with Gasteiger partial charge in [-0.2, -0.15) is 0 Å². The lowest BCUT2D eigenvalue weighted by Crippen LogP contribution is -2.13. The molecule has 0 fully saturated rings. The number of carbonyl (C=O) groups is 2. The summed E-state index contributed by atoms with van der Waals surface area (Å²) in [6.07, 6.45) is 0. The summed E-state index contributed by atoms with van der Waals surface area (Å²) in [5, 5.41) is 18.8. The Hall–Kier alpha value is -2.82. The van der Waals surface area contributed by atoms with Crippen LogP contribution < -0.4 is 0 Å². The quantitative estimate of drug-likeness (QED) is 0.835. The van der Waals surface area contributed by atoms with Crippen molar-refractivity contribution in [3.05, 3.63) is 64.7 Å². The first-order chi connectivity index (χ1) is 11.2. The Morgan fingerprint density at radius 1 is 1.00 bits per heavy atom. The van der Waals surface area contributed by atoms with Gasteiger partial charge >= 0.3 is 11.9 Å². The van der Waals surface area contributed by atoms with Crippen molar-refractivity contribution in [2.75, 3.05) is 0 Å². The van der Waals surface area contributed by atoms with Crippen molar-refractivity contribution in [2.24, 2.45) is 0 Å². The predicted octanol–water partition coefficient (Wildman–Crippen LogP) is 3.74. The van der Waals surface area contributed by atoms with Gasteiger partial charge in [0.05, 0.1) is 11.1 Å². The number of phenols is 1. The summed E-state index contributed by atoms with van der Waals surface area (Å²) in [5.41, 5.74) is 1.61. The number of esters is 1. The smallest absolute Gasteiger partial charge is 0.338 e. The Morgan fingerprint density at radius 3 is 2.12 bits per heavy atom. The van der Waals surface area contributed by atoms with E-state index in [1.165, 1.54) is 24.3 Å². The van der Waals surface area contributed by atoms with Crippen LogP contribution in [-0.2, 0) is 16.8 Å². The summed E-state index contributed by atoms with van der Waals surface area (Å²) in [6, 6.07) is 10.8. The van der Waals surface area contributed by atoms with Crippen LogP contribution in [0.25, 0.3) is 0 Å². The standard InChI is InChI=1S/C19H20O5/c1-19(2,3)15-10-14(8-9-16(15)20)18(23)24-11-12-4-6-13(7-5-12)17(21)22/h4-10,20H,11H2,1-3H3,(H,21,22). The highest BCUT2D eigenvalue weighted by Gasteiger charge is 2.20. The molecular weight excluding hydrogens is 308 g/mol. The fourth-order valence-electron chi connectivity index (χ4n) is 2.24. The van der Waals surface area contributed by atoms with E-state index in [1.54, 1.807) is 18.2 Å². The Morgan fingerprint density at radius 2 is 1.58 bits per heavy atom. The lowest BCUT2D eigenvalue weighted by molar-refractivity contribution is 0.0471. The van der Waals surface area contributed by atoms with Crippen LogP contribution in [0.4, 0.5) is 0 Å². The Bertz CT molecular complexity index is 754. The molecule has 0 bridgehead atoms. The Labute approximate surface area is 140 Å². The van der Waals surface area contributed by atoms with E-state index in [-0.39, 0.29) is 23.3 Å². The summed E-state index contributed by atoms with van der Waals surface area (Å²) in [4.78, 5) is 23.0. The fourth-order valence-corrected chi connectivity index (χ4v) is 2.24. The average Bonchev–Trinajstić information content (AvgIpc) is 2.52. The minimum atomic E-state index is -1.00. The third kappa shape index (κ3) is 4.13. The van der Waals surface area contributed by atoms with Gasteiger partial charge in [-0.05, 0) is 41.3 Å². The van der Waals surface area contributed by atoms with E-state index in [4.69, 9.17) is 9.84 Å². The molecule has 0 atom stereocenters. The fraction of sp³-hybridized carbons (Fsp3) is 0.263. The molecule has 2 rings (SSSR count). The molecule has 0 heterocycles. The summed E-state index contributed by atoms with van der Waals surface area (Å²) >= 11 is 0. The molecule has 2 aromatic carbocycles. The predicted molar refractivity (Wildman–Crippen MR) is 89.3 cm³/mol. The van der Waals surface area contributed by atoms with Gasteiger partial charge in [0.25, 0.3) is 0 Å². The maximum absolute atomic E-state index is 12.2. The highest BCUT2D eigenvalue weighted by atomic mass is 16.5. The van der Waals surface area contributed by atoms with Gasteiger partial charge in [-0.1, -0.05) is 32.9 Å². The molecule has 2 aromatic rings. The zero-order valence-electron chi connectivity index (χ0n) is 13.9. The number of benzene rings is 2. The molecule has 2 N–H and O–H groups in total. The van der Waals surface area contributed by atoms with Gasteiger partial charge in [0.2, 0.25) is 0 Å². The monoisotopic (exact) mass is 328 g/mol. The summed E-state index contributed by atoms with van der Waals surface area (Å²) in [7, 11) is 0. The highest BCUT2D eigenvalue weighted by molar-refractivity contribution is 5.90. The number of hydrogen-bond donors (Lipinski definition) is 2. The molecule has 0 aliphatic rings. The molecule has 0 amide bonds. The van der Waals surface area contributed by atoms with Crippen LogP contribution in [0.5, 0.6) is 5.75 Å². The van der Waals surface area contributed by atoms with Crippen LogP contribution in [0.2, 0.25) is 0 Å². The summed E-state index contributed by atoms with van der Waals surface area (Å²) in [5.74, 6) is -1.36. The maximum atomic E-state index is 12.2. The zero-order chi connectivity index (χ0) is 17.9. The van der Waals surface area contributed by atoms with Crippen molar-refractivity contribution in [1.29, 1.82) is 0 Å². The molecule has 0 radical (unpaired) electrons. The second kappa shape index (κ2) is 6.74. The first-order valence-electron chi connectivity index (χ1n) is 7.51. The lowest BCUT2D eigenvalue weighted by atomic mass is 9.85. The van der Waals surface area contributed by atoms with Crippen molar-refractivity contribution >= 4 is 11.9 Å². The zero-order valence-corrected chi connectivity index (χ0v) is 13.9. The van der Waals surface area contributed by atoms with Gasteiger partial charge in [-0.25, -0.2) is 9.59 Å². The van der Waals surface area contributed by atoms with Gasteiger partial charge < -0.3 is 14.9 Å². The van der Waals surface area contributed by atoms with Crippen LogP contribution in [0.15, 0.2) is 42.5 Å². The van der Waals surface area contributed by atoms with E-state index in [1.807, 2.05) is 20.8 Å². The molecule has 24 heavy (non-hydrogen) atoms. The molecule has 126 valence electrons. The molecule has 5 heteroatoms. The molecule has 0 saturated carbocycles. The number of aromatic hydroxyl groups is 1. The molecule has 5 nitrogen and oxygen atoms in total. The molecule has 0 saturated heterocycles. The lowest BCUT2D eigenvalue weighted by Gasteiger charge is -2.21. The van der Waals surface area contributed by atoms with E-state index in [0.717, 1.165) is 0 Å². The second-order valence-electron chi connectivity index (χ2n) is 6.56. The number of ether oxygens (including phenoxy) is 1. The number of hydrogen-bond acceptors (Lipinski definition) is 4. The van der Waals surface area contributed by atoms with E-state index in [2.05, 4.69) is 0 Å². The van der Waals surface area contributed by atoms with E-state index >= 15 is 0 Å². The molecule has 0 aliphatic heterocycles. The molecule has 0 aromatic heterocycles. The third-order valence-electron chi connectivity index (χ3n) is 3.61. The average molecular weight is 328 g/mol. The van der Waals surface area contributed by atoms with Crippen molar-refractivity contribution in [2.45, 2.75) is 32.8 Å². The number of carbonyl (C=O) groups excluding carboxylic acids is 1. The van der Waals surface area contributed by atoms with E-state index < -0.39 is 11.9 Å². The Balaban J connectivity index is 2.09. The highest BCUT2D eigenvalue weighted by Crippen LogP contribution is 2.31. The van der Waals surface area contributed by atoms with Crippen molar-refractivity contribution in [3.8, 4) is 5.75 Å². The number of aromatic carboxylic acids is 1. The number of rotatable bonds is 4. The molecule has 0 spiro atoms. The van der Waals surface area contributed by atoms with Gasteiger partial charge in [-0.3, -0.25) is 0 Å². The molecule has 0 aliphatic carbocycles. The largest absolute Gasteiger partial charge is 0.508 e. The number of carboxylic acids is 1. The SMILES string of the molecule is CC(C)(C)c1cc(C(=O)OCc2ccc(C(=O)O)cc2)ccc1O. The number of phenolic OH excluding ortho intramolecular Hbond substituents is 1. The van der Waals surface area contributed by atoms with Crippen molar-refractivity contribution < 1.29 is 24.5 Å². The topological polar surface area (TPSA) is 83.8 Å².